The van der Waals surface area contributed by atoms with Crippen LogP contribution in [0, 0.1) is 0 Å². The highest BCUT2D eigenvalue weighted by molar-refractivity contribution is 6.18. The van der Waals surface area contributed by atoms with Crippen molar-refractivity contribution in [2.24, 2.45) is 0 Å². The van der Waals surface area contributed by atoms with E-state index < -0.39 is 0 Å². The van der Waals surface area contributed by atoms with E-state index >= 15 is 0 Å². The van der Waals surface area contributed by atoms with Crippen LogP contribution in [0.2, 0.25) is 0 Å². The molecule has 4 heteroatoms. The molecular weight excluding hydrogens is 238 g/mol. The first-order valence-electron chi connectivity index (χ1n) is 6.62. The minimum atomic E-state index is 0.0517. The van der Waals surface area contributed by atoms with Crippen LogP contribution < -0.4 is 5.32 Å². The largest absolute Gasteiger partial charge is 0.381 e. The van der Waals surface area contributed by atoms with Crippen molar-refractivity contribution >= 4 is 11.6 Å². The van der Waals surface area contributed by atoms with Crippen LogP contribution in [0.5, 0.6) is 0 Å². The molecule has 2 saturated heterocycles. The molecule has 0 aromatic heterocycles. The van der Waals surface area contributed by atoms with Gasteiger partial charge in [0.2, 0.25) is 0 Å². The standard InChI is InChI=1S/C13H24ClNO2/c1-12(2)4-3-11(17-12)9-15-13(10-14)5-7-16-8-6-13/h11,15H,3-10H2,1-2H3. The molecule has 0 aliphatic carbocycles. The second kappa shape index (κ2) is 5.43. The Morgan fingerprint density at radius 1 is 1.24 bits per heavy atom. The van der Waals surface area contributed by atoms with E-state index in [9.17, 15) is 0 Å². The molecule has 1 unspecified atom stereocenters. The first-order valence-corrected chi connectivity index (χ1v) is 7.15. The van der Waals surface area contributed by atoms with Gasteiger partial charge in [-0.1, -0.05) is 0 Å². The number of hydrogen-bond acceptors (Lipinski definition) is 3. The Morgan fingerprint density at radius 2 is 1.94 bits per heavy atom. The third-order valence-corrected chi connectivity index (χ3v) is 4.48. The molecule has 0 aromatic carbocycles. The zero-order chi connectivity index (χ0) is 12.4. The predicted molar refractivity (Wildman–Crippen MR) is 69.7 cm³/mol. The fourth-order valence-electron chi connectivity index (χ4n) is 2.67. The fourth-order valence-corrected chi connectivity index (χ4v) is 3.03. The number of alkyl halides is 1. The lowest BCUT2D eigenvalue weighted by atomic mass is 9.92. The van der Waals surface area contributed by atoms with E-state index in [4.69, 9.17) is 21.1 Å². The van der Waals surface area contributed by atoms with Gasteiger partial charge in [-0.25, -0.2) is 0 Å². The topological polar surface area (TPSA) is 30.5 Å². The Balaban J connectivity index is 1.80. The van der Waals surface area contributed by atoms with E-state index in [1.165, 1.54) is 0 Å². The third-order valence-electron chi connectivity index (χ3n) is 3.96. The molecule has 1 atom stereocenters. The lowest BCUT2D eigenvalue weighted by molar-refractivity contribution is -0.0217. The second-order valence-corrected chi connectivity index (χ2v) is 6.21. The average Bonchev–Trinajstić information content (AvgIpc) is 2.68. The van der Waals surface area contributed by atoms with Gasteiger partial charge in [0.25, 0.3) is 0 Å². The van der Waals surface area contributed by atoms with Gasteiger partial charge in [0, 0.05) is 31.2 Å². The summed E-state index contributed by atoms with van der Waals surface area (Å²) in [5.41, 5.74) is 0.117. The molecule has 0 spiro atoms. The molecule has 0 saturated carbocycles. The number of halogens is 1. The van der Waals surface area contributed by atoms with E-state index in [2.05, 4.69) is 19.2 Å². The Kier molecular flexibility index (Phi) is 4.35. The number of rotatable bonds is 4. The summed E-state index contributed by atoms with van der Waals surface area (Å²) in [4.78, 5) is 0. The molecule has 1 N–H and O–H groups in total. The monoisotopic (exact) mass is 261 g/mol. The molecule has 0 amide bonds. The van der Waals surface area contributed by atoms with E-state index in [0.29, 0.717) is 12.0 Å². The van der Waals surface area contributed by atoms with Gasteiger partial charge in [0.05, 0.1) is 11.7 Å². The molecule has 17 heavy (non-hydrogen) atoms. The smallest absolute Gasteiger partial charge is 0.0708 e. The van der Waals surface area contributed by atoms with Gasteiger partial charge in [0.1, 0.15) is 0 Å². The first-order chi connectivity index (χ1) is 8.05. The normalized spacial score (nSPS) is 31.6. The van der Waals surface area contributed by atoms with E-state index in [-0.39, 0.29) is 11.1 Å². The van der Waals surface area contributed by atoms with Crippen molar-refractivity contribution in [1.82, 2.24) is 5.32 Å². The lowest BCUT2D eigenvalue weighted by Crippen LogP contribution is -2.53. The average molecular weight is 262 g/mol. The maximum absolute atomic E-state index is 6.12. The van der Waals surface area contributed by atoms with Gasteiger partial charge in [0.15, 0.2) is 0 Å². The summed E-state index contributed by atoms with van der Waals surface area (Å²) in [6, 6.07) is 0. The van der Waals surface area contributed by atoms with Crippen molar-refractivity contribution in [2.45, 2.75) is 56.8 Å². The van der Waals surface area contributed by atoms with Crippen molar-refractivity contribution in [2.75, 3.05) is 25.6 Å². The second-order valence-electron chi connectivity index (χ2n) is 5.95. The molecular formula is C13H24ClNO2. The zero-order valence-electron chi connectivity index (χ0n) is 10.9. The zero-order valence-corrected chi connectivity index (χ0v) is 11.7. The lowest BCUT2D eigenvalue weighted by Gasteiger charge is -2.37. The molecule has 3 nitrogen and oxygen atoms in total. The van der Waals surface area contributed by atoms with Crippen molar-refractivity contribution < 1.29 is 9.47 Å². The van der Waals surface area contributed by atoms with Crippen LogP contribution in [-0.4, -0.2) is 42.9 Å². The quantitative estimate of drug-likeness (QED) is 0.788. The Morgan fingerprint density at radius 3 is 2.47 bits per heavy atom. The minimum absolute atomic E-state index is 0.0517. The van der Waals surface area contributed by atoms with Crippen molar-refractivity contribution in [1.29, 1.82) is 0 Å². The van der Waals surface area contributed by atoms with E-state index in [0.717, 1.165) is 45.4 Å². The van der Waals surface area contributed by atoms with Gasteiger partial charge in [-0.15, -0.1) is 11.6 Å². The van der Waals surface area contributed by atoms with Crippen molar-refractivity contribution in [3.05, 3.63) is 0 Å². The highest BCUT2D eigenvalue weighted by Crippen LogP contribution is 2.30. The summed E-state index contributed by atoms with van der Waals surface area (Å²) < 4.78 is 11.4. The van der Waals surface area contributed by atoms with Gasteiger partial charge < -0.3 is 14.8 Å². The summed E-state index contributed by atoms with van der Waals surface area (Å²) in [6.07, 6.45) is 4.65. The minimum Gasteiger partial charge on any atom is -0.381 e. The molecule has 0 bridgehead atoms. The maximum Gasteiger partial charge on any atom is 0.0708 e. The van der Waals surface area contributed by atoms with Crippen LogP contribution in [0.1, 0.15) is 39.5 Å². The summed E-state index contributed by atoms with van der Waals surface area (Å²) in [5.74, 6) is 0.659. The Hall–Kier alpha value is 0.170. The van der Waals surface area contributed by atoms with Crippen LogP contribution >= 0.6 is 11.6 Å². The molecule has 0 aromatic rings. The highest BCUT2D eigenvalue weighted by Gasteiger charge is 2.35. The molecule has 2 aliphatic heterocycles. The van der Waals surface area contributed by atoms with E-state index in [1.54, 1.807) is 0 Å². The summed E-state index contributed by atoms with van der Waals surface area (Å²) >= 11 is 6.12. The number of nitrogens with one attached hydrogen (secondary N) is 1. The molecule has 2 fully saturated rings. The number of hydrogen-bond donors (Lipinski definition) is 1. The van der Waals surface area contributed by atoms with Gasteiger partial charge in [-0.2, -0.15) is 0 Å². The van der Waals surface area contributed by atoms with Gasteiger partial charge in [-0.05, 0) is 39.5 Å². The molecule has 100 valence electrons. The molecule has 0 radical (unpaired) electrons. The van der Waals surface area contributed by atoms with Crippen molar-refractivity contribution in [3.8, 4) is 0 Å². The molecule has 2 heterocycles. The summed E-state index contributed by atoms with van der Waals surface area (Å²) in [6.45, 7) is 6.88. The number of ether oxygens (including phenoxy) is 2. The third kappa shape index (κ3) is 3.57. The van der Waals surface area contributed by atoms with Gasteiger partial charge in [-0.3, -0.25) is 0 Å². The molecule has 2 rings (SSSR count). The highest BCUT2D eigenvalue weighted by atomic mass is 35.5. The summed E-state index contributed by atoms with van der Waals surface area (Å²) in [5, 5.41) is 3.63. The van der Waals surface area contributed by atoms with E-state index in [1.807, 2.05) is 0 Å². The van der Waals surface area contributed by atoms with Crippen LogP contribution in [0.3, 0.4) is 0 Å². The van der Waals surface area contributed by atoms with Crippen LogP contribution in [0.15, 0.2) is 0 Å². The Labute approximate surface area is 109 Å². The Bertz CT molecular complexity index is 252. The van der Waals surface area contributed by atoms with Crippen LogP contribution in [0.25, 0.3) is 0 Å². The van der Waals surface area contributed by atoms with Crippen molar-refractivity contribution in [3.63, 3.8) is 0 Å². The van der Waals surface area contributed by atoms with Gasteiger partial charge >= 0.3 is 0 Å². The SMILES string of the molecule is CC1(C)CCC(CNC2(CCl)CCOCC2)O1. The predicted octanol–water partition coefficient (Wildman–Crippen LogP) is 2.32. The van der Waals surface area contributed by atoms with Crippen LogP contribution in [0.4, 0.5) is 0 Å². The molecule has 2 aliphatic rings. The first kappa shape index (κ1) is 13.6. The summed E-state index contributed by atoms with van der Waals surface area (Å²) in [7, 11) is 0. The fraction of sp³-hybridized carbons (Fsp3) is 1.00. The van der Waals surface area contributed by atoms with Crippen LogP contribution in [-0.2, 0) is 9.47 Å². The maximum atomic E-state index is 6.12.